The van der Waals surface area contributed by atoms with Crippen LogP contribution in [0.15, 0.2) is 18.2 Å². The fourth-order valence-electron chi connectivity index (χ4n) is 1.22. The van der Waals surface area contributed by atoms with E-state index < -0.39 is 6.10 Å². The molecule has 0 amide bonds. The average Bonchev–Trinajstić information content (AvgIpc) is 2.00. The van der Waals surface area contributed by atoms with Crippen molar-refractivity contribution in [2.24, 2.45) is 0 Å². The number of aliphatic hydroxyl groups is 1. The lowest BCUT2D eigenvalue weighted by Crippen LogP contribution is -2.20. The lowest BCUT2D eigenvalue weighted by atomic mass is 10.1. The molecule has 0 aliphatic carbocycles. The highest BCUT2D eigenvalue weighted by Gasteiger charge is 2.10. The van der Waals surface area contributed by atoms with Crippen molar-refractivity contribution in [2.45, 2.75) is 6.10 Å². The van der Waals surface area contributed by atoms with E-state index in [1.54, 1.807) is 6.07 Å². The highest BCUT2D eigenvalue weighted by atomic mass is 127. The third-order valence-electron chi connectivity index (χ3n) is 1.81. The van der Waals surface area contributed by atoms with Crippen molar-refractivity contribution in [3.05, 3.63) is 33.1 Å². The van der Waals surface area contributed by atoms with Gasteiger partial charge in [-0.15, -0.1) is 0 Å². The van der Waals surface area contributed by atoms with Crippen LogP contribution in [0.3, 0.4) is 0 Å². The zero-order valence-corrected chi connectivity index (χ0v) is 10.3. The van der Waals surface area contributed by atoms with E-state index in [2.05, 4.69) is 0 Å². The summed E-state index contributed by atoms with van der Waals surface area (Å²) < 4.78 is 13.8. The van der Waals surface area contributed by atoms with Crippen molar-refractivity contribution in [1.82, 2.24) is 4.90 Å². The minimum Gasteiger partial charge on any atom is -0.387 e. The molecule has 0 aliphatic heterocycles. The molecule has 1 N–H and O–H groups in total. The van der Waals surface area contributed by atoms with Gasteiger partial charge in [-0.1, -0.05) is 0 Å². The topological polar surface area (TPSA) is 23.5 Å². The van der Waals surface area contributed by atoms with Crippen LogP contribution in [0.1, 0.15) is 11.7 Å². The number of halogens is 2. The van der Waals surface area contributed by atoms with Gasteiger partial charge in [-0.05, 0) is 60.4 Å². The molecule has 2 nitrogen and oxygen atoms in total. The van der Waals surface area contributed by atoms with E-state index in [9.17, 15) is 9.50 Å². The molecule has 1 rings (SSSR count). The Balaban J connectivity index is 2.84. The van der Waals surface area contributed by atoms with Gasteiger partial charge in [-0.25, -0.2) is 4.39 Å². The maximum absolute atomic E-state index is 13.0. The van der Waals surface area contributed by atoms with E-state index in [0.29, 0.717) is 12.1 Å². The molecule has 0 spiro atoms. The molecule has 0 bridgehead atoms. The predicted molar refractivity (Wildman–Crippen MR) is 62.6 cm³/mol. The third-order valence-corrected chi connectivity index (χ3v) is 2.43. The van der Waals surface area contributed by atoms with Gasteiger partial charge in [0, 0.05) is 10.1 Å². The monoisotopic (exact) mass is 309 g/mol. The molecule has 0 saturated carbocycles. The molecular formula is C10H13FINO. The first-order valence-electron chi connectivity index (χ1n) is 4.28. The summed E-state index contributed by atoms with van der Waals surface area (Å²) in [7, 11) is 3.74. The Hall–Kier alpha value is -0.200. The number of rotatable bonds is 3. The maximum atomic E-state index is 13.0. The van der Waals surface area contributed by atoms with Gasteiger partial charge < -0.3 is 10.0 Å². The Labute approximate surface area is 96.9 Å². The first kappa shape index (κ1) is 11.9. The summed E-state index contributed by atoms with van der Waals surface area (Å²) in [6.45, 7) is 0.500. The number of likely N-dealkylation sites (N-methyl/N-ethyl adjacent to an activating group) is 1. The molecule has 0 radical (unpaired) electrons. The van der Waals surface area contributed by atoms with E-state index >= 15 is 0 Å². The Morgan fingerprint density at radius 1 is 1.43 bits per heavy atom. The summed E-state index contributed by atoms with van der Waals surface area (Å²) in [5, 5.41) is 9.73. The standard InChI is InChI=1S/C10H13FINO/c1-13(2)6-10(14)7-3-8(11)5-9(12)4-7/h3-5,10,14H,6H2,1-2H3. The highest BCUT2D eigenvalue weighted by molar-refractivity contribution is 14.1. The van der Waals surface area contributed by atoms with Gasteiger partial charge in [-0.2, -0.15) is 0 Å². The third kappa shape index (κ3) is 3.51. The quantitative estimate of drug-likeness (QED) is 0.864. The van der Waals surface area contributed by atoms with Crippen LogP contribution in [-0.2, 0) is 0 Å². The van der Waals surface area contributed by atoms with E-state index in [-0.39, 0.29) is 5.82 Å². The van der Waals surface area contributed by atoms with Crippen LogP contribution in [0, 0.1) is 9.39 Å². The lowest BCUT2D eigenvalue weighted by molar-refractivity contribution is 0.138. The van der Waals surface area contributed by atoms with Crippen LogP contribution in [0.5, 0.6) is 0 Å². The first-order chi connectivity index (χ1) is 6.49. The second-order valence-electron chi connectivity index (χ2n) is 3.48. The molecule has 78 valence electrons. The van der Waals surface area contributed by atoms with Crippen molar-refractivity contribution in [2.75, 3.05) is 20.6 Å². The Bertz CT molecular complexity index is 297. The van der Waals surface area contributed by atoms with Gasteiger partial charge in [0.15, 0.2) is 0 Å². The van der Waals surface area contributed by atoms with Gasteiger partial charge in [0.2, 0.25) is 0 Å². The maximum Gasteiger partial charge on any atom is 0.124 e. The van der Waals surface area contributed by atoms with Crippen molar-refractivity contribution < 1.29 is 9.50 Å². The predicted octanol–water partition coefficient (Wildman–Crippen LogP) is 2.03. The van der Waals surface area contributed by atoms with Crippen molar-refractivity contribution in [3.63, 3.8) is 0 Å². The smallest absolute Gasteiger partial charge is 0.124 e. The van der Waals surface area contributed by atoms with Crippen LogP contribution < -0.4 is 0 Å². The highest BCUT2D eigenvalue weighted by Crippen LogP contribution is 2.18. The number of hydrogen-bond donors (Lipinski definition) is 1. The Morgan fingerprint density at radius 3 is 2.57 bits per heavy atom. The molecule has 4 heteroatoms. The minimum absolute atomic E-state index is 0.301. The lowest BCUT2D eigenvalue weighted by Gasteiger charge is -2.16. The number of benzene rings is 1. The van der Waals surface area contributed by atoms with E-state index in [0.717, 1.165) is 3.57 Å². The van der Waals surface area contributed by atoms with Gasteiger partial charge in [0.25, 0.3) is 0 Å². The van der Waals surface area contributed by atoms with Crippen molar-refractivity contribution in [3.8, 4) is 0 Å². The number of aliphatic hydroxyl groups excluding tert-OH is 1. The SMILES string of the molecule is CN(C)CC(O)c1cc(F)cc(I)c1. The molecule has 1 unspecified atom stereocenters. The second kappa shape index (κ2) is 5.04. The van der Waals surface area contributed by atoms with Gasteiger partial charge in [0.1, 0.15) is 5.82 Å². The molecule has 0 aromatic heterocycles. The fourth-order valence-corrected chi connectivity index (χ4v) is 1.88. The van der Waals surface area contributed by atoms with Gasteiger partial charge in [-0.3, -0.25) is 0 Å². The molecule has 1 atom stereocenters. The Morgan fingerprint density at radius 2 is 2.07 bits per heavy atom. The van der Waals surface area contributed by atoms with E-state index in [4.69, 9.17) is 0 Å². The fraction of sp³-hybridized carbons (Fsp3) is 0.400. The largest absolute Gasteiger partial charge is 0.387 e. The zero-order chi connectivity index (χ0) is 10.7. The molecule has 14 heavy (non-hydrogen) atoms. The molecule has 0 saturated heterocycles. The second-order valence-corrected chi connectivity index (χ2v) is 4.73. The van der Waals surface area contributed by atoms with Crippen molar-refractivity contribution >= 4 is 22.6 Å². The van der Waals surface area contributed by atoms with Gasteiger partial charge in [0.05, 0.1) is 6.10 Å². The van der Waals surface area contributed by atoms with E-state index in [1.807, 2.05) is 41.6 Å². The number of nitrogens with zero attached hydrogens (tertiary/aromatic N) is 1. The minimum atomic E-state index is -0.630. The van der Waals surface area contributed by atoms with Crippen LogP contribution in [0.4, 0.5) is 4.39 Å². The number of hydrogen-bond acceptors (Lipinski definition) is 2. The summed E-state index contributed by atoms with van der Waals surface area (Å²) in [5.74, 6) is -0.301. The van der Waals surface area contributed by atoms with Crippen molar-refractivity contribution in [1.29, 1.82) is 0 Å². The summed E-state index contributed by atoms with van der Waals surface area (Å²) in [5.41, 5.74) is 0.628. The molecule has 1 aromatic carbocycles. The van der Waals surface area contributed by atoms with Crippen LogP contribution >= 0.6 is 22.6 Å². The summed E-state index contributed by atoms with van der Waals surface area (Å²) >= 11 is 2.03. The summed E-state index contributed by atoms with van der Waals surface area (Å²) in [4.78, 5) is 1.86. The normalized spacial score (nSPS) is 13.3. The van der Waals surface area contributed by atoms with Gasteiger partial charge >= 0.3 is 0 Å². The molecular weight excluding hydrogens is 296 g/mol. The molecule has 0 aliphatic rings. The van der Waals surface area contributed by atoms with Crippen LogP contribution in [-0.4, -0.2) is 30.6 Å². The summed E-state index contributed by atoms with van der Waals surface area (Å²) in [6.07, 6.45) is -0.630. The molecule has 1 aromatic rings. The molecule has 0 fully saturated rings. The molecule has 0 heterocycles. The van der Waals surface area contributed by atoms with E-state index in [1.165, 1.54) is 12.1 Å². The zero-order valence-electron chi connectivity index (χ0n) is 8.17. The Kier molecular flexibility index (Phi) is 4.28. The van der Waals surface area contributed by atoms with Crippen LogP contribution in [0.25, 0.3) is 0 Å². The summed E-state index contributed by atoms with van der Waals surface area (Å²) in [6, 6.07) is 4.60. The average molecular weight is 309 g/mol. The van der Waals surface area contributed by atoms with Crippen LogP contribution in [0.2, 0.25) is 0 Å². The first-order valence-corrected chi connectivity index (χ1v) is 5.35.